The van der Waals surface area contributed by atoms with Crippen LogP contribution in [0.3, 0.4) is 0 Å². The van der Waals surface area contributed by atoms with Gasteiger partial charge in [-0.25, -0.2) is 9.50 Å². The van der Waals surface area contributed by atoms with Gasteiger partial charge in [0.25, 0.3) is 0 Å². The third-order valence-electron chi connectivity index (χ3n) is 5.19. The van der Waals surface area contributed by atoms with E-state index in [-0.39, 0.29) is 6.10 Å². The van der Waals surface area contributed by atoms with Gasteiger partial charge in [-0.05, 0) is 29.7 Å². The molecule has 0 amide bonds. The fraction of sp³-hybridized carbons (Fsp3) is 0.286. The van der Waals surface area contributed by atoms with Crippen LogP contribution in [0.2, 0.25) is 0 Å². The Hall–Kier alpha value is -2.81. The van der Waals surface area contributed by atoms with Gasteiger partial charge in [0.05, 0.1) is 18.0 Å². The van der Waals surface area contributed by atoms with Crippen molar-refractivity contribution in [3.05, 3.63) is 66.1 Å². The van der Waals surface area contributed by atoms with Crippen molar-refractivity contribution in [2.24, 2.45) is 0 Å². The van der Waals surface area contributed by atoms with E-state index < -0.39 is 0 Å². The van der Waals surface area contributed by atoms with Gasteiger partial charge in [-0.1, -0.05) is 35.6 Å². The van der Waals surface area contributed by atoms with Crippen LogP contribution in [0.1, 0.15) is 17.5 Å². The van der Waals surface area contributed by atoms with E-state index in [1.54, 1.807) is 6.20 Å². The molecule has 3 aromatic heterocycles. The first-order valence-electron chi connectivity index (χ1n) is 9.72. The average Bonchev–Trinajstić information content (AvgIpc) is 3.43. The van der Waals surface area contributed by atoms with Crippen molar-refractivity contribution in [3.63, 3.8) is 0 Å². The molecule has 4 heterocycles. The van der Waals surface area contributed by atoms with Crippen molar-refractivity contribution in [3.8, 4) is 11.3 Å². The predicted octanol–water partition coefficient (Wildman–Crippen LogP) is 3.03. The summed E-state index contributed by atoms with van der Waals surface area (Å²) < 4.78 is 1.81. The lowest BCUT2D eigenvalue weighted by atomic mass is 10.1. The molecule has 148 valence electrons. The van der Waals surface area contributed by atoms with Gasteiger partial charge in [-0.3, -0.25) is 9.88 Å². The highest BCUT2D eigenvalue weighted by molar-refractivity contribution is 7.20. The van der Waals surface area contributed by atoms with Gasteiger partial charge in [-0.2, -0.15) is 0 Å². The molecule has 1 saturated heterocycles. The summed E-state index contributed by atoms with van der Waals surface area (Å²) in [5.41, 5.74) is 4.40. The minimum Gasteiger partial charge on any atom is -0.392 e. The summed E-state index contributed by atoms with van der Waals surface area (Å²) in [6.07, 6.45) is 6.16. The molecule has 0 spiro atoms. The summed E-state index contributed by atoms with van der Waals surface area (Å²) in [6, 6.07) is 12.3. The first kappa shape index (κ1) is 18.2. The second-order valence-corrected chi connectivity index (χ2v) is 8.26. The quantitative estimate of drug-likeness (QED) is 0.512. The predicted molar refractivity (Wildman–Crippen MR) is 114 cm³/mol. The van der Waals surface area contributed by atoms with E-state index in [1.165, 1.54) is 22.5 Å². The number of β-amino-alcohol motifs (C(OH)–C–C–N with tert-alkyl or cyclic N) is 1. The summed E-state index contributed by atoms with van der Waals surface area (Å²) >= 11 is 1.54. The average molecular weight is 407 g/mol. The molecule has 1 aromatic carbocycles. The van der Waals surface area contributed by atoms with Crippen LogP contribution in [0, 0.1) is 0 Å². The number of aliphatic hydroxyl groups excluding tert-OH is 1. The van der Waals surface area contributed by atoms with Crippen LogP contribution < -0.4 is 5.32 Å². The number of nitrogens with zero attached hydrogens (tertiary/aromatic N) is 5. The number of benzene rings is 1. The zero-order valence-corrected chi connectivity index (χ0v) is 16.7. The monoisotopic (exact) mass is 406 g/mol. The summed E-state index contributed by atoms with van der Waals surface area (Å²) in [4.78, 5) is 12.0. The van der Waals surface area contributed by atoms with E-state index in [4.69, 9.17) is 0 Å². The lowest BCUT2D eigenvalue weighted by molar-refractivity contribution is 0.174. The van der Waals surface area contributed by atoms with Crippen LogP contribution in [0.25, 0.3) is 16.2 Å². The van der Waals surface area contributed by atoms with Crippen LogP contribution in [-0.2, 0) is 13.1 Å². The van der Waals surface area contributed by atoms with Gasteiger partial charge in [0.2, 0.25) is 10.1 Å². The van der Waals surface area contributed by atoms with Gasteiger partial charge < -0.3 is 10.4 Å². The van der Waals surface area contributed by atoms with Crippen LogP contribution in [0.5, 0.6) is 0 Å². The van der Waals surface area contributed by atoms with Gasteiger partial charge >= 0.3 is 0 Å². The molecule has 8 heteroatoms. The topological polar surface area (TPSA) is 78.6 Å². The second-order valence-electron chi connectivity index (χ2n) is 7.30. The Morgan fingerprint density at radius 3 is 2.83 bits per heavy atom. The molecule has 1 aliphatic rings. The molecule has 1 unspecified atom stereocenters. The van der Waals surface area contributed by atoms with Crippen molar-refractivity contribution in [2.75, 3.05) is 18.4 Å². The molecule has 0 bridgehead atoms. The van der Waals surface area contributed by atoms with E-state index in [0.717, 1.165) is 47.4 Å². The molecule has 2 N–H and O–H groups in total. The molecule has 29 heavy (non-hydrogen) atoms. The third-order valence-corrected chi connectivity index (χ3v) is 6.07. The van der Waals surface area contributed by atoms with Gasteiger partial charge in [0, 0.05) is 44.1 Å². The molecule has 1 atom stereocenters. The van der Waals surface area contributed by atoms with E-state index in [1.807, 2.05) is 29.0 Å². The Bertz CT molecular complexity index is 1080. The molecule has 1 aliphatic heterocycles. The van der Waals surface area contributed by atoms with Crippen molar-refractivity contribution in [2.45, 2.75) is 25.6 Å². The number of pyridine rings is 1. The van der Waals surface area contributed by atoms with Gasteiger partial charge in [0.15, 0.2) is 0 Å². The largest absolute Gasteiger partial charge is 0.392 e. The van der Waals surface area contributed by atoms with E-state index in [9.17, 15) is 5.11 Å². The maximum absolute atomic E-state index is 9.77. The van der Waals surface area contributed by atoms with Crippen LogP contribution >= 0.6 is 11.3 Å². The molecule has 4 aromatic rings. The van der Waals surface area contributed by atoms with E-state index >= 15 is 0 Å². The van der Waals surface area contributed by atoms with Crippen LogP contribution in [0.15, 0.2) is 55.0 Å². The fourth-order valence-electron chi connectivity index (χ4n) is 3.68. The molecular weight excluding hydrogens is 384 g/mol. The van der Waals surface area contributed by atoms with Crippen LogP contribution in [-0.4, -0.2) is 48.8 Å². The number of nitrogens with one attached hydrogen (secondary N) is 1. The zero-order chi connectivity index (χ0) is 19.6. The molecule has 7 nitrogen and oxygen atoms in total. The Morgan fingerprint density at radius 2 is 2.07 bits per heavy atom. The molecule has 0 aliphatic carbocycles. The SMILES string of the molecule is OC1CCN(Cc2ccccc2CNc2nn3cc(-c4cccnc4)nc3s2)C1. The highest BCUT2D eigenvalue weighted by Gasteiger charge is 2.20. The lowest BCUT2D eigenvalue weighted by Crippen LogP contribution is -2.22. The number of hydrogen-bond donors (Lipinski definition) is 2. The van der Waals surface area contributed by atoms with Crippen molar-refractivity contribution in [1.29, 1.82) is 0 Å². The molecule has 0 saturated carbocycles. The summed E-state index contributed by atoms with van der Waals surface area (Å²) in [5, 5.41) is 18.7. The molecule has 1 fully saturated rings. The summed E-state index contributed by atoms with van der Waals surface area (Å²) in [6.45, 7) is 3.28. The van der Waals surface area contributed by atoms with Gasteiger partial charge in [0.1, 0.15) is 0 Å². The van der Waals surface area contributed by atoms with Gasteiger partial charge in [-0.15, -0.1) is 5.10 Å². The summed E-state index contributed by atoms with van der Waals surface area (Å²) in [5.74, 6) is 0. The maximum Gasteiger partial charge on any atom is 0.214 e. The van der Waals surface area contributed by atoms with Crippen LogP contribution in [0.4, 0.5) is 5.13 Å². The smallest absolute Gasteiger partial charge is 0.214 e. The number of imidazole rings is 1. The van der Waals surface area contributed by atoms with E-state index in [0.29, 0.717) is 6.54 Å². The standard InChI is InChI=1S/C21H22N6OS/c28-18-7-9-26(13-18)12-17-5-2-1-4-15(17)11-23-20-25-27-14-19(24-21(27)29-20)16-6-3-8-22-10-16/h1-6,8,10,14,18,28H,7,9,11-13H2,(H,23,25). The molecule has 0 radical (unpaired) electrons. The third kappa shape index (κ3) is 4.00. The Morgan fingerprint density at radius 1 is 1.17 bits per heavy atom. The number of aliphatic hydroxyl groups is 1. The maximum atomic E-state index is 9.77. The van der Waals surface area contributed by atoms with Crippen molar-refractivity contribution in [1.82, 2.24) is 24.5 Å². The minimum atomic E-state index is -0.191. The number of fused-ring (bicyclic) bond motifs is 1. The Kier molecular flexibility index (Phi) is 4.97. The number of likely N-dealkylation sites (tertiary alicyclic amines) is 1. The van der Waals surface area contributed by atoms with Crippen molar-refractivity contribution < 1.29 is 5.11 Å². The number of rotatable bonds is 6. The lowest BCUT2D eigenvalue weighted by Gasteiger charge is -2.17. The number of hydrogen-bond acceptors (Lipinski definition) is 7. The first-order valence-corrected chi connectivity index (χ1v) is 10.5. The van der Waals surface area contributed by atoms with E-state index in [2.05, 4.69) is 49.5 Å². The molecule has 5 rings (SSSR count). The second kappa shape index (κ2) is 7.90. The summed E-state index contributed by atoms with van der Waals surface area (Å²) in [7, 11) is 0. The highest BCUT2D eigenvalue weighted by atomic mass is 32.1. The Labute approximate surface area is 172 Å². The first-order chi connectivity index (χ1) is 14.2. The zero-order valence-electron chi connectivity index (χ0n) is 15.9. The molecular formula is C21H22N6OS. The Balaban J connectivity index is 1.28. The number of aromatic nitrogens is 4. The fourth-order valence-corrected chi connectivity index (χ4v) is 4.45. The highest BCUT2D eigenvalue weighted by Crippen LogP contribution is 2.25. The number of anilines is 1. The van der Waals surface area contributed by atoms with Crippen molar-refractivity contribution >= 4 is 21.4 Å². The minimum absolute atomic E-state index is 0.191. The normalized spacial score (nSPS) is 17.2.